The molecule has 0 aliphatic heterocycles. The molecule has 0 bridgehead atoms. The van der Waals surface area contributed by atoms with Crippen LogP contribution in [0.2, 0.25) is 0 Å². The Morgan fingerprint density at radius 2 is 1.74 bits per heavy atom. The Morgan fingerprint density at radius 1 is 1.04 bits per heavy atom. The minimum Gasteiger partial charge on any atom is -0.348 e. The fourth-order valence-electron chi connectivity index (χ4n) is 2.38. The van der Waals surface area contributed by atoms with Crippen LogP contribution in [-0.2, 0) is 17.8 Å². The zero-order valence-corrected chi connectivity index (χ0v) is 14.5. The molecule has 0 atom stereocenters. The van der Waals surface area contributed by atoms with E-state index < -0.39 is 0 Å². The molecule has 2 aromatic carbocycles. The van der Waals surface area contributed by atoms with Crippen LogP contribution >= 0.6 is 0 Å². The predicted octanol–water partition coefficient (Wildman–Crippen LogP) is 1.84. The standard InChI is InChI=1S/C19H18N6O2/c1-2-18(26)20-12-14-3-7-15(8-4-14)19(27)21-16-9-5-13(6-10-16)11-17-22-24-25-23-17/h2-10H,1,11-12H2,(H,20,26)(H,21,27)(H,22,23,24,25). The molecule has 0 radical (unpaired) electrons. The number of amides is 2. The Morgan fingerprint density at radius 3 is 2.37 bits per heavy atom. The van der Waals surface area contributed by atoms with Crippen LogP contribution in [0.3, 0.4) is 0 Å². The summed E-state index contributed by atoms with van der Waals surface area (Å²) in [5.74, 6) is 0.165. The average Bonchev–Trinajstić information content (AvgIpc) is 3.21. The maximum Gasteiger partial charge on any atom is 0.255 e. The van der Waals surface area contributed by atoms with Crippen molar-refractivity contribution in [3.05, 3.63) is 83.7 Å². The van der Waals surface area contributed by atoms with Gasteiger partial charge in [0.25, 0.3) is 5.91 Å². The molecular weight excluding hydrogens is 344 g/mol. The van der Waals surface area contributed by atoms with Gasteiger partial charge in [0.1, 0.15) is 0 Å². The maximum absolute atomic E-state index is 12.4. The predicted molar refractivity (Wildman–Crippen MR) is 99.9 cm³/mol. The quantitative estimate of drug-likeness (QED) is 0.555. The summed E-state index contributed by atoms with van der Waals surface area (Å²) in [6, 6.07) is 14.5. The van der Waals surface area contributed by atoms with Crippen LogP contribution < -0.4 is 10.6 Å². The first-order valence-corrected chi connectivity index (χ1v) is 8.26. The molecule has 3 N–H and O–H groups in total. The van der Waals surface area contributed by atoms with Gasteiger partial charge >= 0.3 is 0 Å². The topological polar surface area (TPSA) is 113 Å². The molecule has 136 valence electrons. The van der Waals surface area contributed by atoms with Gasteiger partial charge in [-0.1, -0.05) is 36.1 Å². The number of tetrazole rings is 1. The first-order chi connectivity index (χ1) is 13.1. The second-order valence-corrected chi connectivity index (χ2v) is 5.77. The lowest BCUT2D eigenvalue weighted by Gasteiger charge is -2.07. The molecule has 27 heavy (non-hydrogen) atoms. The maximum atomic E-state index is 12.4. The highest BCUT2D eigenvalue weighted by Crippen LogP contribution is 2.13. The number of aromatic nitrogens is 4. The third-order valence-corrected chi connectivity index (χ3v) is 3.83. The fraction of sp³-hybridized carbons (Fsp3) is 0.105. The summed E-state index contributed by atoms with van der Waals surface area (Å²) in [6.07, 6.45) is 1.78. The number of carbonyl (C=O) groups excluding carboxylic acids is 2. The van der Waals surface area contributed by atoms with Gasteiger partial charge in [0.05, 0.1) is 0 Å². The van der Waals surface area contributed by atoms with E-state index in [9.17, 15) is 9.59 Å². The van der Waals surface area contributed by atoms with Gasteiger partial charge in [-0.3, -0.25) is 9.59 Å². The normalized spacial score (nSPS) is 10.2. The molecule has 8 heteroatoms. The third-order valence-electron chi connectivity index (χ3n) is 3.83. The Labute approximate surface area is 155 Å². The molecule has 0 aliphatic rings. The summed E-state index contributed by atoms with van der Waals surface area (Å²) < 4.78 is 0. The Hall–Kier alpha value is -3.81. The van der Waals surface area contributed by atoms with Gasteiger partial charge in [-0.15, -0.1) is 10.2 Å². The number of rotatable bonds is 7. The monoisotopic (exact) mass is 362 g/mol. The minimum absolute atomic E-state index is 0.206. The molecule has 0 saturated carbocycles. The van der Waals surface area contributed by atoms with E-state index in [1.54, 1.807) is 24.3 Å². The molecule has 1 heterocycles. The van der Waals surface area contributed by atoms with Crippen molar-refractivity contribution >= 4 is 17.5 Å². The number of hydrogen-bond acceptors (Lipinski definition) is 5. The number of carbonyl (C=O) groups is 2. The van der Waals surface area contributed by atoms with Crippen molar-refractivity contribution in [2.24, 2.45) is 0 Å². The molecule has 0 aliphatic carbocycles. The molecule has 8 nitrogen and oxygen atoms in total. The molecule has 3 rings (SSSR count). The van der Waals surface area contributed by atoms with Crippen molar-refractivity contribution in [1.29, 1.82) is 0 Å². The molecule has 0 unspecified atom stereocenters. The third kappa shape index (κ3) is 5.08. The van der Waals surface area contributed by atoms with Crippen LogP contribution in [0, 0.1) is 0 Å². The minimum atomic E-state index is -0.236. The van der Waals surface area contributed by atoms with Crippen LogP contribution in [0.4, 0.5) is 5.69 Å². The van der Waals surface area contributed by atoms with Crippen LogP contribution in [0.1, 0.15) is 27.3 Å². The zero-order chi connectivity index (χ0) is 19.1. The summed E-state index contributed by atoms with van der Waals surface area (Å²) >= 11 is 0. The molecule has 0 spiro atoms. The zero-order valence-electron chi connectivity index (χ0n) is 14.5. The van der Waals surface area contributed by atoms with Crippen molar-refractivity contribution < 1.29 is 9.59 Å². The van der Waals surface area contributed by atoms with E-state index in [1.807, 2.05) is 24.3 Å². The van der Waals surface area contributed by atoms with Gasteiger partial charge in [-0.05, 0) is 41.5 Å². The highest BCUT2D eigenvalue weighted by atomic mass is 16.2. The van der Waals surface area contributed by atoms with E-state index in [0.29, 0.717) is 30.0 Å². The van der Waals surface area contributed by atoms with Crippen LogP contribution in [-0.4, -0.2) is 32.4 Å². The number of H-pyrrole nitrogens is 1. The largest absolute Gasteiger partial charge is 0.348 e. The highest BCUT2D eigenvalue weighted by Gasteiger charge is 2.07. The number of nitrogens with zero attached hydrogens (tertiary/aromatic N) is 3. The van der Waals surface area contributed by atoms with Gasteiger partial charge in [-0.25, -0.2) is 0 Å². The number of benzene rings is 2. The van der Waals surface area contributed by atoms with Crippen molar-refractivity contribution in [2.45, 2.75) is 13.0 Å². The van der Waals surface area contributed by atoms with Crippen molar-refractivity contribution in [3.8, 4) is 0 Å². The van der Waals surface area contributed by atoms with Crippen LogP contribution in [0.5, 0.6) is 0 Å². The van der Waals surface area contributed by atoms with Crippen molar-refractivity contribution in [2.75, 3.05) is 5.32 Å². The number of nitrogens with one attached hydrogen (secondary N) is 3. The summed E-state index contributed by atoms with van der Waals surface area (Å²) in [5, 5.41) is 19.3. The van der Waals surface area contributed by atoms with E-state index in [0.717, 1.165) is 11.1 Å². The molecule has 1 aromatic heterocycles. The molecule has 0 fully saturated rings. The van der Waals surface area contributed by atoms with Gasteiger partial charge in [0.15, 0.2) is 5.82 Å². The molecule has 3 aromatic rings. The second-order valence-electron chi connectivity index (χ2n) is 5.77. The highest BCUT2D eigenvalue weighted by molar-refractivity contribution is 6.04. The van der Waals surface area contributed by atoms with E-state index in [4.69, 9.17) is 0 Å². The van der Waals surface area contributed by atoms with Crippen molar-refractivity contribution in [1.82, 2.24) is 25.9 Å². The SMILES string of the molecule is C=CC(=O)NCc1ccc(C(=O)Nc2ccc(Cc3nn[nH]n3)cc2)cc1. The van der Waals surface area contributed by atoms with E-state index >= 15 is 0 Å². The first-order valence-electron chi connectivity index (χ1n) is 8.26. The molecular formula is C19H18N6O2. The second kappa shape index (κ2) is 8.52. The van der Waals surface area contributed by atoms with Crippen molar-refractivity contribution in [3.63, 3.8) is 0 Å². The van der Waals surface area contributed by atoms with E-state index in [2.05, 4.69) is 37.8 Å². The lowest BCUT2D eigenvalue weighted by Crippen LogP contribution is -2.20. The summed E-state index contributed by atoms with van der Waals surface area (Å²) in [4.78, 5) is 23.5. The van der Waals surface area contributed by atoms with Gasteiger partial charge in [0.2, 0.25) is 5.91 Å². The van der Waals surface area contributed by atoms with E-state index in [-0.39, 0.29) is 11.8 Å². The lowest BCUT2D eigenvalue weighted by molar-refractivity contribution is -0.116. The Bertz CT molecular complexity index is 918. The van der Waals surface area contributed by atoms with Crippen LogP contribution in [0.25, 0.3) is 0 Å². The summed E-state index contributed by atoms with van der Waals surface area (Å²) in [5.41, 5.74) is 3.14. The lowest BCUT2D eigenvalue weighted by atomic mass is 10.1. The average molecular weight is 362 g/mol. The number of anilines is 1. The number of aromatic amines is 1. The summed E-state index contributed by atoms with van der Waals surface area (Å²) in [6.45, 7) is 3.78. The van der Waals surface area contributed by atoms with Crippen LogP contribution in [0.15, 0.2) is 61.2 Å². The molecule has 2 amide bonds. The first kappa shape index (κ1) is 18.0. The molecule has 0 saturated heterocycles. The van der Waals surface area contributed by atoms with Gasteiger partial charge < -0.3 is 10.6 Å². The van der Waals surface area contributed by atoms with E-state index in [1.165, 1.54) is 6.08 Å². The smallest absolute Gasteiger partial charge is 0.255 e. The number of hydrogen-bond donors (Lipinski definition) is 3. The Balaban J connectivity index is 1.56. The fourth-order valence-corrected chi connectivity index (χ4v) is 2.38. The summed E-state index contributed by atoms with van der Waals surface area (Å²) in [7, 11) is 0. The van der Waals surface area contributed by atoms with Gasteiger partial charge in [-0.2, -0.15) is 5.21 Å². The Kier molecular flexibility index (Phi) is 5.68. The van der Waals surface area contributed by atoms with Gasteiger partial charge in [0, 0.05) is 24.2 Å².